The maximum absolute atomic E-state index is 3.69. The molecule has 2 fully saturated rings. The molecule has 17 heavy (non-hydrogen) atoms. The molecule has 0 amide bonds. The van der Waals surface area contributed by atoms with Crippen LogP contribution in [-0.4, -0.2) is 25.7 Å². The summed E-state index contributed by atoms with van der Waals surface area (Å²) in [5.74, 6) is 1.74. The van der Waals surface area contributed by atoms with Crippen molar-refractivity contribution in [3.05, 3.63) is 0 Å². The summed E-state index contributed by atoms with van der Waals surface area (Å²) >= 11 is 0. The molecular weight excluding hydrogens is 208 g/mol. The van der Waals surface area contributed by atoms with Gasteiger partial charge in [-0.3, -0.25) is 0 Å². The summed E-state index contributed by atoms with van der Waals surface area (Å²) in [6.45, 7) is 15.5. The summed E-state index contributed by atoms with van der Waals surface area (Å²) in [5, 5.41) is 7.31. The van der Waals surface area contributed by atoms with Gasteiger partial charge >= 0.3 is 0 Å². The number of piperidine rings is 1. The van der Waals surface area contributed by atoms with E-state index >= 15 is 0 Å². The van der Waals surface area contributed by atoms with E-state index in [0.29, 0.717) is 16.9 Å². The van der Waals surface area contributed by atoms with Crippen LogP contribution < -0.4 is 10.6 Å². The predicted octanol–water partition coefficient (Wildman–Crippen LogP) is 2.65. The fraction of sp³-hybridized carbons (Fsp3) is 1.00. The first-order valence-corrected chi connectivity index (χ1v) is 7.30. The van der Waals surface area contributed by atoms with Crippen LogP contribution in [0.5, 0.6) is 0 Å². The van der Waals surface area contributed by atoms with Crippen molar-refractivity contribution in [1.82, 2.24) is 10.6 Å². The van der Waals surface area contributed by atoms with E-state index in [1.54, 1.807) is 0 Å². The van der Waals surface area contributed by atoms with Crippen LogP contribution in [0.25, 0.3) is 0 Å². The van der Waals surface area contributed by atoms with Crippen LogP contribution in [0.2, 0.25) is 0 Å². The zero-order chi connectivity index (χ0) is 12.7. The maximum atomic E-state index is 3.69. The van der Waals surface area contributed by atoms with Crippen molar-refractivity contribution < 1.29 is 0 Å². The molecule has 1 aliphatic heterocycles. The molecule has 1 aliphatic carbocycles. The Morgan fingerprint density at radius 3 is 2.29 bits per heavy atom. The van der Waals surface area contributed by atoms with E-state index < -0.39 is 0 Å². The number of rotatable bonds is 4. The SMILES string of the molecule is CC1CCNC(CNCC2C(C)(C)C2(C)C)C1. The monoisotopic (exact) mass is 238 g/mol. The van der Waals surface area contributed by atoms with Crippen LogP contribution in [0.3, 0.4) is 0 Å². The van der Waals surface area contributed by atoms with E-state index in [4.69, 9.17) is 0 Å². The molecule has 1 heterocycles. The zero-order valence-corrected chi connectivity index (χ0v) is 12.3. The molecule has 0 bridgehead atoms. The van der Waals surface area contributed by atoms with Crippen molar-refractivity contribution in [3.8, 4) is 0 Å². The quantitative estimate of drug-likeness (QED) is 0.787. The molecule has 2 N–H and O–H groups in total. The highest BCUT2D eigenvalue weighted by Crippen LogP contribution is 2.67. The Kier molecular flexibility index (Phi) is 3.57. The first-order valence-electron chi connectivity index (χ1n) is 7.30. The van der Waals surface area contributed by atoms with Gasteiger partial charge in [0.2, 0.25) is 0 Å². The largest absolute Gasteiger partial charge is 0.315 e. The second-order valence-electron chi connectivity index (χ2n) is 7.43. The second kappa shape index (κ2) is 4.55. The molecule has 2 atom stereocenters. The molecular formula is C15H30N2. The molecule has 2 nitrogen and oxygen atoms in total. The fourth-order valence-corrected chi connectivity index (χ4v) is 3.62. The summed E-state index contributed by atoms with van der Waals surface area (Å²) < 4.78 is 0. The minimum atomic E-state index is 0.521. The van der Waals surface area contributed by atoms with Gasteiger partial charge in [-0.2, -0.15) is 0 Å². The summed E-state index contributed by atoms with van der Waals surface area (Å²) in [6, 6.07) is 0.698. The molecule has 100 valence electrons. The lowest BCUT2D eigenvalue weighted by Gasteiger charge is -2.28. The number of nitrogens with one attached hydrogen (secondary N) is 2. The van der Waals surface area contributed by atoms with Crippen LogP contribution in [0.15, 0.2) is 0 Å². The zero-order valence-electron chi connectivity index (χ0n) is 12.3. The average Bonchev–Trinajstić information content (AvgIpc) is 2.60. The van der Waals surface area contributed by atoms with E-state index in [-0.39, 0.29) is 0 Å². The molecule has 0 aromatic rings. The first kappa shape index (κ1) is 13.4. The Morgan fingerprint density at radius 2 is 1.76 bits per heavy atom. The molecule has 0 spiro atoms. The third-order valence-corrected chi connectivity index (χ3v) is 5.82. The standard InChI is InChI=1S/C15H30N2/c1-11-6-7-17-12(8-11)9-16-10-13-14(2,3)15(13,4)5/h11-13,16-17H,6-10H2,1-5H3. The van der Waals surface area contributed by atoms with Gasteiger partial charge < -0.3 is 10.6 Å². The molecule has 0 aromatic carbocycles. The third kappa shape index (κ3) is 2.53. The minimum absolute atomic E-state index is 0.521. The van der Waals surface area contributed by atoms with Crippen molar-refractivity contribution >= 4 is 0 Å². The van der Waals surface area contributed by atoms with Gasteiger partial charge in [-0.15, -0.1) is 0 Å². The number of hydrogen-bond acceptors (Lipinski definition) is 2. The lowest BCUT2D eigenvalue weighted by molar-refractivity contribution is 0.308. The van der Waals surface area contributed by atoms with Gasteiger partial charge in [0.15, 0.2) is 0 Å². The second-order valence-corrected chi connectivity index (χ2v) is 7.43. The molecule has 1 saturated carbocycles. The third-order valence-electron chi connectivity index (χ3n) is 5.82. The predicted molar refractivity (Wildman–Crippen MR) is 74.1 cm³/mol. The fourth-order valence-electron chi connectivity index (χ4n) is 3.62. The molecule has 0 aromatic heterocycles. The lowest BCUT2D eigenvalue weighted by Crippen LogP contribution is -2.44. The molecule has 2 heteroatoms. The van der Waals surface area contributed by atoms with Gasteiger partial charge in [0, 0.05) is 12.6 Å². The molecule has 0 radical (unpaired) electrons. The normalized spacial score (nSPS) is 35.8. The summed E-state index contributed by atoms with van der Waals surface area (Å²) in [5.41, 5.74) is 1.04. The topological polar surface area (TPSA) is 24.1 Å². The summed E-state index contributed by atoms with van der Waals surface area (Å²) in [6.07, 6.45) is 2.68. The highest BCUT2D eigenvalue weighted by molar-refractivity contribution is 5.12. The van der Waals surface area contributed by atoms with E-state index in [1.165, 1.54) is 25.9 Å². The van der Waals surface area contributed by atoms with Crippen molar-refractivity contribution in [2.24, 2.45) is 22.7 Å². The van der Waals surface area contributed by atoms with E-state index in [1.807, 2.05) is 0 Å². The highest BCUT2D eigenvalue weighted by atomic mass is 15.0. The molecule has 2 rings (SSSR count). The van der Waals surface area contributed by atoms with E-state index in [9.17, 15) is 0 Å². The van der Waals surface area contributed by atoms with Gasteiger partial charge in [-0.05, 0) is 48.6 Å². The average molecular weight is 238 g/mol. The molecule has 2 unspecified atom stereocenters. The van der Waals surface area contributed by atoms with Crippen LogP contribution in [0.4, 0.5) is 0 Å². The van der Waals surface area contributed by atoms with Crippen LogP contribution in [0.1, 0.15) is 47.5 Å². The van der Waals surface area contributed by atoms with Gasteiger partial charge in [-0.25, -0.2) is 0 Å². The van der Waals surface area contributed by atoms with Gasteiger partial charge in [0.25, 0.3) is 0 Å². The summed E-state index contributed by atoms with van der Waals surface area (Å²) in [4.78, 5) is 0. The van der Waals surface area contributed by atoms with Crippen molar-refractivity contribution in [1.29, 1.82) is 0 Å². The molecule has 2 aliphatic rings. The van der Waals surface area contributed by atoms with Crippen molar-refractivity contribution in [2.75, 3.05) is 19.6 Å². The van der Waals surface area contributed by atoms with E-state index in [2.05, 4.69) is 45.3 Å². The van der Waals surface area contributed by atoms with Gasteiger partial charge in [0.05, 0.1) is 0 Å². The van der Waals surface area contributed by atoms with Gasteiger partial charge in [-0.1, -0.05) is 34.6 Å². The Morgan fingerprint density at radius 1 is 1.12 bits per heavy atom. The highest BCUT2D eigenvalue weighted by Gasteiger charge is 2.63. The Hall–Kier alpha value is -0.0800. The first-order chi connectivity index (χ1) is 7.85. The minimum Gasteiger partial charge on any atom is -0.315 e. The van der Waals surface area contributed by atoms with Crippen LogP contribution in [-0.2, 0) is 0 Å². The maximum Gasteiger partial charge on any atom is 0.0195 e. The van der Waals surface area contributed by atoms with E-state index in [0.717, 1.165) is 18.4 Å². The number of hydrogen-bond donors (Lipinski definition) is 2. The van der Waals surface area contributed by atoms with Crippen molar-refractivity contribution in [2.45, 2.75) is 53.5 Å². The van der Waals surface area contributed by atoms with Gasteiger partial charge in [0.1, 0.15) is 0 Å². The smallest absolute Gasteiger partial charge is 0.0195 e. The van der Waals surface area contributed by atoms with Crippen molar-refractivity contribution in [3.63, 3.8) is 0 Å². The van der Waals surface area contributed by atoms with Crippen LogP contribution in [0, 0.1) is 22.7 Å². The summed E-state index contributed by atoms with van der Waals surface area (Å²) in [7, 11) is 0. The Bertz CT molecular complexity index is 256. The van der Waals surface area contributed by atoms with Crippen LogP contribution >= 0.6 is 0 Å². The lowest BCUT2D eigenvalue weighted by atomic mass is 9.94. The molecule has 1 saturated heterocycles. The Balaban J connectivity index is 1.67. The Labute approximate surface area is 107 Å².